The summed E-state index contributed by atoms with van der Waals surface area (Å²) in [5.41, 5.74) is 0.534. The lowest BCUT2D eigenvalue weighted by atomic mass is 10.2. The molecule has 0 radical (unpaired) electrons. The number of ether oxygens (including phenoxy) is 1. The van der Waals surface area contributed by atoms with Gasteiger partial charge in [0.2, 0.25) is 5.16 Å². The van der Waals surface area contributed by atoms with E-state index in [0.29, 0.717) is 10.5 Å². The number of hydrogen-bond donors (Lipinski definition) is 0. The van der Waals surface area contributed by atoms with Crippen molar-refractivity contribution < 1.29 is 14.5 Å². The standard InChI is InChI=1S/C11H11N5O4S/c1-7-4-3-5-8(10(7)16(18)19)21-11-12-13-14-15(11)6-9(17)20-2/h3-5H,6H2,1-2H3. The number of carbonyl (C=O) groups excluding carboxylic acids is 1. The summed E-state index contributed by atoms with van der Waals surface area (Å²) in [6.45, 7) is 1.49. The number of hydrogen-bond acceptors (Lipinski definition) is 8. The van der Waals surface area contributed by atoms with Crippen molar-refractivity contribution in [3.63, 3.8) is 0 Å². The Labute approximate surface area is 123 Å². The largest absolute Gasteiger partial charge is 0.468 e. The first-order valence-corrected chi connectivity index (χ1v) is 6.59. The number of methoxy groups -OCH3 is 1. The number of esters is 1. The van der Waals surface area contributed by atoms with Gasteiger partial charge in [-0.25, -0.2) is 4.68 Å². The third-order valence-electron chi connectivity index (χ3n) is 2.59. The maximum Gasteiger partial charge on any atom is 0.327 e. The minimum absolute atomic E-state index is 0.00452. The molecule has 1 aromatic carbocycles. The number of tetrazole rings is 1. The quantitative estimate of drug-likeness (QED) is 0.460. The van der Waals surface area contributed by atoms with Gasteiger partial charge in [-0.1, -0.05) is 12.1 Å². The van der Waals surface area contributed by atoms with Gasteiger partial charge in [0.25, 0.3) is 5.69 Å². The highest BCUT2D eigenvalue weighted by Crippen LogP contribution is 2.35. The number of nitro benzene ring substituents is 1. The zero-order valence-electron chi connectivity index (χ0n) is 11.2. The summed E-state index contributed by atoms with van der Waals surface area (Å²) < 4.78 is 5.76. The lowest BCUT2D eigenvalue weighted by molar-refractivity contribution is -0.388. The van der Waals surface area contributed by atoms with Gasteiger partial charge < -0.3 is 4.74 Å². The van der Waals surface area contributed by atoms with Gasteiger partial charge in [0.1, 0.15) is 6.54 Å². The molecule has 21 heavy (non-hydrogen) atoms. The average molecular weight is 309 g/mol. The van der Waals surface area contributed by atoms with Gasteiger partial charge >= 0.3 is 5.97 Å². The van der Waals surface area contributed by atoms with Crippen LogP contribution < -0.4 is 0 Å². The van der Waals surface area contributed by atoms with Crippen LogP contribution in [0.1, 0.15) is 5.56 Å². The van der Waals surface area contributed by atoms with E-state index in [1.165, 1.54) is 11.8 Å². The Morgan fingerprint density at radius 1 is 1.52 bits per heavy atom. The highest BCUT2D eigenvalue weighted by molar-refractivity contribution is 7.99. The second-order valence-electron chi connectivity index (χ2n) is 3.98. The van der Waals surface area contributed by atoms with Crippen molar-refractivity contribution in [1.29, 1.82) is 0 Å². The lowest BCUT2D eigenvalue weighted by Gasteiger charge is -2.05. The monoisotopic (exact) mass is 309 g/mol. The molecule has 0 atom stereocenters. The molecule has 0 amide bonds. The normalized spacial score (nSPS) is 10.4. The van der Waals surface area contributed by atoms with Gasteiger partial charge in [-0.05, 0) is 35.2 Å². The number of aryl methyl sites for hydroxylation is 1. The van der Waals surface area contributed by atoms with Crippen molar-refractivity contribution in [3.8, 4) is 0 Å². The van der Waals surface area contributed by atoms with Crippen molar-refractivity contribution >= 4 is 23.4 Å². The lowest BCUT2D eigenvalue weighted by Crippen LogP contribution is -2.13. The molecule has 0 aliphatic carbocycles. The number of carbonyl (C=O) groups is 1. The number of rotatable bonds is 5. The third-order valence-corrected chi connectivity index (χ3v) is 3.61. The van der Waals surface area contributed by atoms with Crippen LogP contribution in [0.2, 0.25) is 0 Å². The Morgan fingerprint density at radius 2 is 2.29 bits per heavy atom. The number of para-hydroxylation sites is 1. The van der Waals surface area contributed by atoms with Crippen molar-refractivity contribution in [2.24, 2.45) is 0 Å². The number of nitro groups is 1. The number of nitrogens with zero attached hydrogens (tertiary/aromatic N) is 5. The van der Waals surface area contributed by atoms with Crippen molar-refractivity contribution in [1.82, 2.24) is 20.2 Å². The first-order valence-electron chi connectivity index (χ1n) is 5.77. The molecule has 0 unspecified atom stereocenters. The fraction of sp³-hybridized carbons (Fsp3) is 0.273. The SMILES string of the molecule is COC(=O)Cn1nnnc1Sc1cccc(C)c1[N+](=O)[O-]. The van der Waals surface area contributed by atoms with E-state index in [1.54, 1.807) is 25.1 Å². The van der Waals surface area contributed by atoms with Gasteiger partial charge in [0.15, 0.2) is 0 Å². The van der Waals surface area contributed by atoms with E-state index in [4.69, 9.17) is 0 Å². The average Bonchev–Trinajstić information content (AvgIpc) is 2.85. The van der Waals surface area contributed by atoms with E-state index in [1.807, 2.05) is 0 Å². The van der Waals surface area contributed by atoms with Gasteiger partial charge in [0.05, 0.1) is 16.9 Å². The molecule has 0 fully saturated rings. The molecule has 0 N–H and O–H groups in total. The second kappa shape index (κ2) is 6.31. The summed E-state index contributed by atoms with van der Waals surface area (Å²) in [5, 5.41) is 22.3. The summed E-state index contributed by atoms with van der Waals surface area (Å²) in [6.07, 6.45) is 0. The van der Waals surface area contributed by atoms with E-state index in [-0.39, 0.29) is 17.4 Å². The maximum absolute atomic E-state index is 11.3. The summed E-state index contributed by atoms with van der Waals surface area (Å²) >= 11 is 1.02. The molecule has 0 spiro atoms. The van der Waals surface area contributed by atoms with Crippen LogP contribution in [0.4, 0.5) is 5.69 Å². The molecule has 1 aromatic heterocycles. The Kier molecular flexibility index (Phi) is 4.48. The van der Waals surface area contributed by atoms with Gasteiger partial charge in [0, 0.05) is 5.56 Å². The fourth-order valence-corrected chi connectivity index (χ4v) is 2.56. The van der Waals surface area contributed by atoms with Crippen molar-refractivity contribution in [2.75, 3.05) is 7.11 Å². The van der Waals surface area contributed by atoms with E-state index >= 15 is 0 Å². The molecule has 0 bridgehead atoms. The fourth-order valence-electron chi connectivity index (χ4n) is 1.60. The predicted molar refractivity (Wildman–Crippen MR) is 71.8 cm³/mol. The topological polar surface area (TPSA) is 113 Å². The molecule has 0 aliphatic rings. The zero-order chi connectivity index (χ0) is 15.4. The molecule has 2 rings (SSSR count). The molecule has 0 aliphatic heterocycles. The molecular weight excluding hydrogens is 298 g/mol. The van der Waals surface area contributed by atoms with Gasteiger partial charge in [-0.3, -0.25) is 14.9 Å². The molecule has 110 valence electrons. The Hall–Kier alpha value is -2.49. The Bertz CT molecular complexity index is 687. The van der Waals surface area contributed by atoms with Crippen LogP contribution in [0, 0.1) is 17.0 Å². The summed E-state index contributed by atoms with van der Waals surface area (Å²) in [4.78, 5) is 22.3. The van der Waals surface area contributed by atoms with Crippen LogP contribution in [0.15, 0.2) is 28.3 Å². The van der Waals surface area contributed by atoms with E-state index < -0.39 is 10.9 Å². The smallest absolute Gasteiger partial charge is 0.327 e. The molecule has 9 nitrogen and oxygen atoms in total. The summed E-state index contributed by atoms with van der Waals surface area (Å²) in [7, 11) is 1.25. The first-order chi connectivity index (χ1) is 10.0. The highest BCUT2D eigenvalue weighted by Gasteiger charge is 2.20. The Balaban J connectivity index is 2.31. The van der Waals surface area contributed by atoms with Crippen LogP contribution in [0.5, 0.6) is 0 Å². The van der Waals surface area contributed by atoms with Crippen LogP contribution in [-0.4, -0.2) is 38.2 Å². The second-order valence-corrected chi connectivity index (χ2v) is 4.99. The van der Waals surface area contributed by atoms with Crippen LogP contribution in [-0.2, 0) is 16.1 Å². The minimum Gasteiger partial charge on any atom is -0.468 e. The van der Waals surface area contributed by atoms with Crippen molar-refractivity contribution in [3.05, 3.63) is 33.9 Å². The summed E-state index contributed by atoms with van der Waals surface area (Å²) in [6, 6.07) is 4.96. The van der Waals surface area contributed by atoms with Crippen molar-refractivity contribution in [2.45, 2.75) is 23.5 Å². The number of aromatic nitrogens is 4. The van der Waals surface area contributed by atoms with Crippen LogP contribution in [0.25, 0.3) is 0 Å². The summed E-state index contributed by atoms with van der Waals surface area (Å²) in [5.74, 6) is -0.511. The molecule has 2 aromatic rings. The number of benzene rings is 1. The van der Waals surface area contributed by atoms with Gasteiger partial charge in [-0.15, -0.1) is 5.10 Å². The molecular formula is C11H11N5O4S. The predicted octanol–water partition coefficient (Wildman–Crippen LogP) is 1.21. The van der Waals surface area contributed by atoms with E-state index in [0.717, 1.165) is 11.8 Å². The molecule has 10 heteroatoms. The highest BCUT2D eigenvalue weighted by atomic mass is 32.2. The Morgan fingerprint density at radius 3 is 2.95 bits per heavy atom. The van der Waals surface area contributed by atoms with E-state index in [9.17, 15) is 14.9 Å². The first kappa shape index (κ1) is 14.9. The minimum atomic E-state index is -0.511. The van der Waals surface area contributed by atoms with Gasteiger partial charge in [-0.2, -0.15) is 0 Å². The van der Waals surface area contributed by atoms with Crippen LogP contribution >= 0.6 is 11.8 Å². The van der Waals surface area contributed by atoms with Crippen LogP contribution in [0.3, 0.4) is 0 Å². The molecule has 0 saturated carbocycles. The maximum atomic E-state index is 11.3. The third kappa shape index (κ3) is 3.34. The zero-order valence-corrected chi connectivity index (χ0v) is 12.0. The van der Waals surface area contributed by atoms with E-state index in [2.05, 4.69) is 20.3 Å². The molecule has 1 heterocycles. The molecule has 0 saturated heterocycles.